The summed E-state index contributed by atoms with van der Waals surface area (Å²) in [7, 11) is 1.23. The number of hydrogen-bond acceptors (Lipinski definition) is 3. The molecule has 0 unspecified atom stereocenters. The molecule has 0 fully saturated rings. The fourth-order valence-electron chi connectivity index (χ4n) is 0.726. The van der Waals surface area contributed by atoms with Gasteiger partial charge in [0.15, 0.2) is 0 Å². The third kappa shape index (κ3) is 7.11. The summed E-state index contributed by atoms with van der Waals surface area (Å²) >= 11 is 0. The first kappa shape index (κ1) is 12.4. The average molecular weight is 194 g/mol. The molecule has 0 saturated carbocycles. The lowest BCUT2D eigenvalue weighted by molar-refractivity contribution is -0.133. The van der Waals surface area contributed by atoms with Gasteiger partial charge in [-0.1, -0.05) is 11.6 Å². The lowest BCUT2D eigenvalue weighted by Crippen LogP contribution is -1.98. The maximum atomic E-state index is 11.0. The number of Topliss-reactive ketones (excluding diaryl/α,β-unsaturated/α-hetero) is 1. The number of methoxy groups -OCH3 is 1. The maximum absolute atomic E-state index is 11.0. The van der Waals surface area contributed by atoms with Crippen molar-refractivity contribution in [1.29, 1.82) is 0 Å². The van der Waals surface area contributed by atoms with E-state index in [1.165, 1.54) is 12.7 Å². The Morgan fingerprint density at radius 3 is 2.43 bits per heavy atom. The highest BCUT2D eigenvalue weighted by molar-refractivity contribution is 6.01. The fourth-order valence-corrected chi connectivity index (χ4v) is 0.726. The number of hydrogen-bond donors (Lipinski definition) is 0. The van der Waals surface area contributed by atoms with Crippen LogP contribution in [0.3, 0.4) is 0 Å². The first-order chi connectivity index (χ1) is 6.56. The first-order valence-electron chi connectivity index (χ1n) is 4.32. The number of esters is 1. The molecule has 0 aromatic heterocycles. The Balaban J connectivity index is 3.91. The highest BCUT2D eigenvalue weighted by Gasteiger charge is 1.96. The van der Waals surface area contributed by atoms with Gasteiger partial charge in [-0.05, 0) is 26.2 Å². The lowest BCUT2D eigenvalue weighted by atomic mass is 10.2. The van der Waals surface area contributed by atoms with Gasteiger partial charge >= 0.3 is 5.97 Å². The van der Waals surface area contributed by atoms with E-state index in [-0.39, 0.29) is 5.78 Å². The summed E-state index contributed by atoms with van der Waals surface area (Å²) in [5.41, 5.74) is 1.17. The Bertz CT molecular complexity index is 298. The third-order valence-corrected chi connectivity index (χ3v) is 1.41. The largest absolute Gasteiger partial charge is 0.459 e. The quantitative estimate of drug-likeness (QED) is 0.225. The molecule has 0 radical (unpaired) electrons. The minimum Gasteiger partial charge on any atom is -0.459 e. The van der Waals surface area contributed by atoms with Crippen molar-refractivity contribution in [2.75, 3.05) is 7.11 Å². The van der Waals surface area contributed by atoms with Crippen LogP contribution in [0.15, 0.2) is 11.6 Å². The zero-order valence-corrected chi connectivity index (χ0v) is 8.72. The van der Waals surface area contributed by atoms with Crippen molar-refractivity contribution in [3.8, 4) is 11.8 Å². The number of allylic oxidation sites excluding steroid dienone is 2. The molecule has 76 valence electrons. The summed E-state index contributed by atoms with van der Waals surface area (Å²) in [6.07, 6.45) is 2.96. The van der Waals surface area contributed by atoms with E-state index in [9.17, 15) is 9.59 Å². The van der Waals surface area contributed by atoms with Gasteiger partial charge in [-0.15, -0.1) is 0 Å². The molecular formula is C11H14O3. The van der Waals surface area contributed by atoms with Gasteiger partial charge in [-0.25, -0.2) is 4.79 Å². The normalized spacial score (nSPS) is 8.21. The van der Waals surface area contributed by atoms with Crippen LogP contribution in [0.5, 0.6) is 0 Å². The zero-order chi connectivity index (χ0) is 11.0. The summed E-state index contributed by atoms with van der Waals surface area (Å²) in [4.78, 5) is 21.6. The van der Waals surface area contributed by atoms with E-state index < -0.39 is 5.97 Å². The average Bonchev–Trinajstić information content (AvgIpc) is 2.13. The Kier molecular flexibility index (Phi) is 6.13. The van der Waals surface area contributed by atoms with E-state index in [4.69, 9.17) is 0 Å². The third-order valence-electron chi connectivity index (χ3n) is 1.41. The van der Waals surface area contributed by atoms with Gasteiger partial charge in [-0.2, -0.15) is 0 Å². The number of rotatable bonds is 3. The summed E-state index contributed by atoms with van der Waals surface area (Å²) < 4.78 is 4.27. The summed E-state index contributed by atoms with van der Waals surface area (Å²) in [6.45, 7) is 3.93. The summed E-state index contributed by atoms with van der Waals surface area (Å²) in [5, 5.41) is 0. The molecule has 0 rings (SSSR count). The molecule has 0 aliphatic carbocycles. The molecule has 0 aromatic rings. The predicted octanol–water partition coefficient (Wildman–Crippen LogP) is 1.48. The Hall–Kier alpha value is -1.56. The Morgan fingerprint density at radius 2 is 1.93 bits per heavy atom. The highest BCUT2D eigenvalue weighted by atomic mass is 16.5. The van der Waals surface area contributed by atoms with Crippen molar-refractivity contribution >= 4 is 11.8 Å². The van der Waals surface area contributed by atoms with Crippen LogP contribution >= 0.6 is 0 Å². The van der Waals surface area contributed by atoms with Crippen LogP contribution in [0, 0.1) is 11.8 Å². The van der Waals surface area contributed by atoms with Crippen molar-refractivity contribution in [2.24, 2.45) is 0 Å². The van der Waals surface area contributed by atoms with Crippen molar-refractivity contribution in [1.82, 2.24) is 0 Å². The second-order valence-corrected chi connectivity index (χ2v) is 2.98. The van der Waals surface area contributed by atoms with E-state index in [1.54, 1.807) is 0 Å². The predicted molar refractivity (Wildman–Crippen MR) is 53.5 cm³/mol. The van der Waals surface area contributed by atoms with Crippen molar-refractivity contribution in [3.05, 3.63) is 11.6 Å². The molecule has 0 N–H and O–H groups in total. The van der Waals surface area contributed by atoms with Crippen LogP contribution < -0.4 is 0 Å². The van der Waals surface area contributed by atoms with Gasteiger partial charge in [0.25, 0.3) is 0 Å². The molecular weight excluding hydrogens is 180 g/mol. The molecule has 0 aliphatic heterocycles. The van der Waals surface area contributed by atoms with Gasteiger partial charge in [0.05, 0.1) is 7.11 Å². The van der Waals surface area contributed by atoms with Crippen molar-refractivity contribution in [3.63, 3.8) is 0 Å². The van der Waals surface area contributed by atoms with E-state index >= 15 is 0 Å². The van der Waals surface area contributed by atoms with E-state index in [0.717, 1.165) is 0 Å². The fraction of sp³-hybridized carbons (Fsp3) is 0.455. The van der Waals surface area contributed by atoms with E-state index in [1.807, 2.05) is 19.9 Å². The standard InChI is InChI=1S/C11H14O3/c1-9(2)5-4-6-10(12)7-8-11(13)14-3/h5H,4,6H2,1-3H3. The van der Waals surface area contributed by atoms with E-state index in [2.05, 4.69) is 16.6 Å². The molecule has 0 saturated heterocycles. The Morgan fingerprint density at radius 1 is 1.29 bits per heavy atom. The van der Waals surface area contributed by atoms with Gasteiger partial charge in [0.1, 0.15) is 0 Å². The summed E-state index contributed by atoms with van der Waals surface area (Å²) in [6, 6.07) is 0. The van der Waals surface area contributed by atoms with Crippen LogP contribution in [-0.4, -0.2) is 18.9 Å². The molecule has 0 aliphatic rings. The first-order valence-corrected chi connectivity index (χ1v) is 4.32. The topological polar surface area (TPSA) is 43.4 Å². The minimum atomic E-state index is -0.680. The number of carbonyl (C=O) groups is 2. The van der Waals surface area contributed by atoms with Crippen LogP contribution in [0.4, 0.5) is 0 Å². The smallest absolute Gasteiger partial charge is 0.384 e. The van der Waals surface area contributed by atoms with Gasteiger partial charge in [0, 0.05) is 12.3 Å². The van der Waals surface area contributed by atoms with Crippen LogP contribution in [0.2, 0.25) is 0 Å². The van der Waals surface area contributed by atoms with E-state index in [0.29, 0.717) is 12.8 Å². The molecule has 0 amide bonds. The SMILES string of the molecule is COC(=O)C#CC(=O)CCC=C(C)C. The van der Waals surface area contributed by atoms with Crippen LogP contribution in [-0.2, 0) is 14.3 Å². The summed E-state index contributed by atoms with van der Waals surface area (Å²) in [5.74, 6) is 3.38. The number of carbonyl (C=O) groups excluding carboxylic acids is 2. The van der Waals surface area contributed by atoms with Gasteiger partial charge in [-0.3, -0.25) is 4.79 Å². The number of ketones is 1. The zero-order valence-electron chi connectivity index (χ0n) is 8.72. The Labute approximate surface area is 84.1 Å². The van der Waals surface area contributed by atoms with Crippen molar-refractivity contribution in [2.45, 2.75) is 26.7 Å². The molecule has 14 heavy (non-hydrogen) atoms. The van der Waals surface area contributed by atoms with Crippen molar-refractivity contribution < 1.29 is 14.3 Å². The molecule has 0 aromatic carbocycles. The van der Waals surface area contributed by atoms with Crippen LogP contribution in [0.1, 0.15) is 26.7 Å². The molecule has 0 spiro atoms. The minimum absolute atomic E-state index is 0.243. The second-order valence-electron chi connectivity index (χ2n) is 2.98. The molecule has 0 atom stereocenters. The van der Waals surface area contributed by atoms with Gasteiger partial charge < -0.3 is 4.74 Å². The van der Waals surface area contributed by atoms with Crippen LogP contribution in [0.25, 0.3) is 0 Å². The maximum Gasteiger partial charge on any atom is 0.384 e. The molecule has 3 nitrogen and oxygen atoms in total. The highest BCUT2D eigenvalue weighted by Crippen LogP contribution is 1.97. The molecule has 0 bridgehead atoms. The lowest BCUT2D eigenvalue weighted by Gasteiger charge is -1.89. The molecule has 0 heterocycles. The van der Waals surface area contributed by atoms with Gasteiger partial charge in [0.2, 0.25) is 5.78 Å². The monoisotopic (exact) mass is 194 g/mol. The number of ether oxygens (including phenoxy) is 1. The second kappa shape index (κ2) is 6.90. The molecule has 3 heteroatoms.